The molecule has 13 heteroatoms. The van der Waals surface area contributed by atoms with Crippen molar-refractivity contribution < 1.29 is 47.1 Å². The number of hydrogen-bond acceptors (Lipinski definition) is 10. The van der Waals surface area contributed by atoms with Crippen LogP contribution >= 0.6 is 0 Å². The largest absolute Gasteiger partial charge is 0.506 e. The van der Waals surface area contributed by atoms with E-state index < -0.39 is 11.8 Å². The van der Waals surface area contributed by atoms with E-state index in [9.17, 15) is 30.0 Å². The van der Waals surface area contributed by atoms with Crippen LogP contribution < -0.4 is 10.6 Å². The minimum absolute atomic E-state index is 0. The van der Waals surface area contributed by atoms with Crippen LogP contribution in [0.15, 0.2) is 190 Å². The molecule has 0 radical (unpaired) electrons. The summed E-state index contributed by atoms with van der Waals surface area (Å²) < 4.78 is 0. The molecule has 6 N–H and O–H groups in total. The topological polar surface area (TPSA) is 189 Å². The van der Waals surface area contributed by atoms with Crippen molar-refractivity contribution in [2.75, 3.05) is 10.6 Å². The smallest absolute Gasteiger partial charge is 0.259 e. The summed E-state index contributed by atoms with van der Waals surface area (Å²) in [6.07, 6.45) is 1.25. The van der Waals surface area contributed by atoms with Gasteiger partial charge in [0.15, 0.2) is 11.5 Å². The van der Waals surface area contributed by atoms with Gasteiger partial charge >= 0.3 is 0 Å². The maximum absolute atomic E-state index is 12.8. The number of phenolic OH excluding ortho intramolecular Hbond substituents is 4. The number of rotatable bonds is 8. The van der Waals surface area contributed by atoms with Gasteiger partial charge in [0.25, 0.3) is 11.8 Å². The summed E-state index contributed by atoms with van der Waals surface area (Å²) in [6, 6.07) is 48.7. The van der Waals surface area contributed by atoms with Crippen LogP contribution in [0.3, 0.4) is 0 Å². The van der Waals surface area contributed by atoms with Gasteiger partial charge in [-0.25, -0.2) is 0 Å². The van der Waals surface area contributed by atoms with E-state index in [0.717, 1.165) is 10.8 Å². The zero-order valence-electron chi connectivity index (χ0n) is 44.6. The number of carbonyl (C=O) groups excluding carboxylic acids is 2. The SMILES string of the molecule is CC.CC.CC.CC.CC.CCC.O=C(Nc1ccccc1)c1cc2ccccc2c(N=Nc2ccccc2O)c1O.O=C(Nc1ccccc1)c1cc2ccccc2c(N=Nc2ccccc2O)c1O.[CH3+].[Fe]. The molecule has 8 rings (SSSR count). The Bertz CT molecular complexity index is 2670. The maximum atomic E-state index is 12.8. The molecule has 388 valence electrons. The fraction of sp³-hybridized carbons (Fsp3) is 0.217. The standard InChI is InChI=1S/2C23H17N3O3.C3H8.5C2H6.CH3.Fe/c2*27-20-13-7-6-12-19(20)25-26-21-17-11-5-4-8-15(17)14-18(22(21)28)23(29)24-16-9-2-1-3-10-16;1-3-2;5*1-2;;/h2*1-14,27-28H,(H,24,29);3H2,1-2H3;5*1-2H3;1H3;/q;;;;;;;;+1;. The Morgan fingerprint density at radius 1 is 0.411 bits per heavy atom. The molecule has 0 heterocycles. The number of benzene rings is 8. The van der Waals surface area contributed by atoms with Gasteiger partial charge in [-0.15, -0.1) is 20.5 Å². The Kier molecular flexibility index (Phi) is 35.6. The van der Waals surface area contributed by atoms with Crippen molar-refractivity contribution in [1.29, 1.82) is 0 Å². The van der Waals surface area contributed by atoms with Gasteiger partial charge in [-0.2, -0.15) is 0 Å². The summed E-state index contributed by atoms with van der Waals surface area (Å²) in [6.45, 7) is 24.2. The molecule has 0 spiro atoms. The number of para-hydroxylation sites is 4. The van der Waals surface area contributed by atoms with Gasteiger partial charge in [-0.05, 0) is 71.4 Å². The van der Waals surface area contributed by atoms with Gasteiger partial charge in [0.05, 0.1) is 11.1 Å². The van der Waals surface area contributed by atoms with Crippen molar-refractivity contribution in [2.45, 2.75) is 89.5 Å². The Morgan fingerprint density at radius 2 is 0.685 bits per heavy atom. The number of amides is 2. The second-order valence-electron chi connectivity index (χ2n) is 13.4. The molecule has 0 aromatic heterocycles. The van der Waals surface area contributed by atoms with E-state index in [0.29, 0.717) is 22.1 Å². The van der Waals surface area contributed by atoms with Crippen LogP contribution in [0.5, 0.6) is 23.0 Å². The number of azo groups is 2. The third kappa shape index (κ3) is 20.3. The summed E-state index contributed by atoms with van der Waals surface area (Å²) in [5, 5.41) is 66.1. The first-order valence-electron chi connectivity index (χ1n) is 24.3. The molecule has 12 nitrogen and oxygen atoms in total. The molecule has 73 heavy (non-hydrogen) atoms. The first kappa shape index (κ1) is 67.1. The van der Waals surface area contributed by atoms with Gasteiger partial charge in [-0.3, -0.25) is 9.59 Å². The van der Waals surface area contributed by atoms with Crippen molar-refractivity contribution in [3.8, 4) is 23.0 Å². The van der Waals surface area contributed by atoms with E-state index in [-0.39, 0.29) is 81.4 Å². The Balaban J connectivity index is 0. The van der Waals surface area contributed by atoms with Crippen LogP contribution in [0.4, 0.5) is 34.1 Å². The predicted octanol–water partition coefficient (Wildman–Crippen LogP) is 18.8. The molecule has 0 unspecified atom stereocenters. The normalized spacial score (nSPS) is 9.42. The fourth-order valence-electron chi connectivity index (χ4n) is 5.93. The molecule has 0 saturated heterocycles. The number of anilines is 2. The number of hydrogen-bond donors (Lipinski definition) is 6. The minimum Gasteiger partial charge on any atom is -0.506 e. The van der Waals surface area contributed by atoms with Gasteiger partial charge < -0.3 is 31.1 Å². The molecule has 0 saturated carbocycles. The molecule has 8 aromatic rings. The average molecular weight is 1030 g/mol. The molecule has 0 atom stereocenters. The number of nitrogens with one attached hydrogen (secondary N) is 2. The Morgan fingerprint density at radius 3 is 1.00 bits per heavy atom. The van der Waals surface area contributed by atoms with Crippen LogP contribution in [0.1, 0.15) is 110 Å². The molecule has 0 aliphatic rings. The maximum Gasteiger partial charge on any atom is 0.259 e. The quantitative estimate of drug-likeness (QED) is 0.0499. The van der Waals surface area contributed by atoms with Gasteiger partial charge in [0.1, 0.15) is 34.2 Å². The van der Waals surface area contributed by atoms with Crippen LogP contribution in [0.2, 0.25) is 0 Å². The van der Waals surface area contributed by atoms with Crippen molar-refractivity contribution in [3.05, 3.63) is 188 Å². The summed E-state index contributed by atoms with van der Waals surface area (Å²) in [4.78, 5) is 25.6. The number of carbonyl (C=O) groups is 2. The van der Waals surface area contributed by atoms with Crippen molar-refractivity contribution in [2.24, 2.45) is 20.5 Å². The zero-order chi connectivity index (χ0) is 53.1. The third-order valence-electron chi connectivity index (χ3n) is 8.82. The minimum atomic E-state index is -0.460. The summed E-state index contributed by atoms with van der Waals surface area (Å²) in [5.74, 6) is -1.54. The predicted molar refractivity (Wildman–Crippen MR) is 304 cm³/mol. The Labute approximate surface area is 444 Å². The first-order valence-corrected chi connectivity index (χ1v) is 24.3. The van der Waals surface area contributed by atoms with E-state index in [1.807, 2.05) is 142 Å². The van der Waals surface area contributed by atoms with Gasteiger partial charge in [0.2, 0.25) is 0 Å². The molecule has 2 amide bonds. The zero-order valence-corrected chi connectivity index (χ0v) is 45.7. The fourth-order valence-corrected chi connectivity index (χ4v) is 5.93. The molecule has 0 aliphatic carbocycles. The van der Waals surface area contributed by atoms with Gasteiger partial charge in [-0.1, -0.05) is 199 Å². The Hall–Kier alpha value is -7.99. The molecule has 0 bridgehead atoms. The van der Waals surface area contributed by atoms with E-state index in [1.165, 1.54) is 18.6 Å². The number of aromatic hydroxyl groups is 4. The first-order chi connectivity index (χ1) is 34.7. The summed E-state index contributed by atoms with van der Waals surface area (Å²) in [5.41, 5.74) is 2.22. The van der Waals surface area contributed by atoms with Gasteiger partial charge in [0, 0.05) is 46.6 Å². The number of nitrogens with zero attached hydrogens (tertiary/aromatic N) is 4. The van der Waals surface area contributed by atoms with Crippen LogP contribution in [-0.4, -0.2) is 32.2 Å². The van der Waals surface area contributed by atoms with Crippen molar-refractivity contribution in [3.63, 3.8) is 0 Å². The second kappa shape index (κ2) is 38.7. The molecular formula is C60H75FeN6O6+. The average Bonchev–Trinajstić information content (AvgIpc) is 3.42. The second-order valence-corrected chi connectivity index (χ2v) is 13.4. The molecule has 8 aromatic carbocycles. The van der Waals surface area contributed by atoms with Crippen LogP contribution in [0, 0.1) is 7.43 Å². The van der Waals surface area contributed by atoms with Crippen molar-refractivity contribution in [1.82, 2.24) is 0 Å². The summed E-state index contributed by atoms with van der Waals surface area (Å²) in [7, 11) is 0. The van der Waals surface area contributed by atoms with E-state index >= 15 is 0 Å². The van der Waals surface area contributed by atoms with E-state index in [1.54, 1.807) is 84.9 Å². The van der Waals surface area contributed by atoms with E-state index in [2.05, 4.69) is 44.9 Å². The summed E-state index contributed by atoms with van der Waals surface area (Å²) >= 11 is 0. The van der Waals surface area contributed by atoms with Crippen LogP contribution in [0.25, 0.3) is 21.5 Å². The number of fused-ring (bicyclic) bond motifs is 2. The molecule has 0 fully saturated rings. The van der Waals surface area contributed by atoms with E-state index in [4.69, 9.17) is 0 Å². The van der Waals surface area contributed by atoms with Crippen LogP contribution in [-0.2, 0) is 17.1 Å². The molecule has 0 aliphatic heterocycles. The van der Waals surface area contributed by atoms with Crippen molar-refractivity contribution >= 4 is 67.5 Å². The number of phenols is 4. The monoisotopic (exact) mass is 1030 g/mol. The molecular weight excluding hydrogens is 957 g/mol. The third-order valence-corrected chi connectivity index (χ3v) is 8.82.